The largest absolute Gasteiger partial charge is 0.480 e. The maximum absolute atomic E-state index is 10.8. The van der Waals surface area contributed by atoms with E-state index in [4.69, 9.17) is 5.11 Å². The summed E-state index contributed by atoms with van der Waals surface area (Å²) >= 11 is 1.34. The summed E-state index contributed by atoms with van der Waals surface area (Å²) in [6, 6.07) is 0. The van der Waals surface area contributed by atoms with Crippen LogP contribution in [0.4, 0.5) is 5.13 Å². The van der Waals surface area contributed by atoms with Gasteiger partial charge in [0, 0.05) is 18.9 Å². The maximum atomic E-state index is 10.8. The molecule has 6 nitrogen and oxygen atoms in total. The zero-order valence-corrected chi connectivity index (χ0v) is 10.4. The monoisotopic (exact) mass is 264 g/mol. The highest BCUT2D eigenvalue weighted by atomic mass is 32.1. The fourth-order valence-corrected chi connectivity index (χ4v) is 2.35. The molecule has 0 unspecified atom stereocenters. The van der Waals surface area contributed by atoms with Crippen molar-refractivity contribution in [3.8, 4) is 0 Å². The number of fused-ring (bicyclic) bond motifs is 1. The van der Waals surface area contributed by atoms with E-state index >= 15 is 0 Å². The van der Waals surface area contributed by atoms with Crippen LogP contribution in [0, 0.1) is 0 Å². The number of aromatic nitrogens is 3. The number of thiazole rings is 1. The predicted octanol–water partition coefficient (Wildman–Crippen LogP) is 1.55. The van der Waals surface area contributed by atoms with E-state index in [1.165, 1.54) is 11.3 Å². The second kappa shape index (κ2) is 5.54. The Balaban J connectivity index is 2.27. The van der Waals surface area contributed by atoms with Gasteiger partial charge in [0.05, 0.1) is 0 Å². The molecule has 0 radical (unpaired) electrons. The number of aliphatic carboxylic acids is 1. The molecule has 2 rings (SSSR count). The number of hydrogen-bond acceptors (Lipinski definition) is 6. The number of nitrogens with zero attached hydrogens (tertiary/aromatic N) is 4. The Morgan fingerprint density at radius 1 is 1.50 bits per heavy atom. The van der Waals surface area contributed by atoms with Crippen LogP contribution >= 0.6 is 11.3 Å². The Hall–Kier alpha value is -2.02. The Kier molecular flexibility index (Phi) is 3.83. The molecule has 0 bridgehead atoms. The third kappa shape index (κ3) is 2.80. The Bertz CT molecular complexity index is 536. The molecule has 0 fully saturated rings. The average Bonchev–Trinajstić information content (AvgIpc) is 2.77. The van der Waals surface area contributed by atoms with Crippen LogP contribution in [0.1, 0.15) is 6.42 Å². The van der Waals surface area contributed by atoms with Gasteiger partial charge >= 0.3 is 5.97 Å². The van der Waals surface area contributed by atoms with Crippen molar-refractivity contribution in [3.05, 3.63) is 25.0 Å². The maximum Gasteiger partial charge on any atom is 0.323 e. The zero-order valence-electron chi connectivity index (χ0n) is 9.61. The first-order valence-electron chi connectivity index (χ1n) is 5.36. The van der Waals surface area contributed by atoms with E-state index in [9.17, 15) is 4.79 Å². The van der Waals surface area contributed by atoms with Crippen LogP contribution < -0.4 is 4.90 Å². The summed E-state index contributed by atoms with van der Waals surface area (Å²) in [7, 11) is 0. The quantitative estimate of drug-likeness (QED) is 0.797. The molecule has 94 valence electrons. The van der Waals surface area contributed by atoms with Crippen molar-refractivity contribution in [2.45, 2.75) is 6.42 Å². The number of carbonyl (C=O) groups is 1. The smallest absolute Gasteiger partial charge is 0.323 e. The van der Waals surface area contributed by atoms with Gasteiger partial charge in [-0.1, -0.05) is 17.4 Å². The summed E-state index contributed by atoms with van der Waals surface area (Å²) in [6.45, 7) is 4.11. The minimum atomic E-state index is -0.890. The van der Waals surface area contributed by atoms with Gasteiger partial charge in [-0.05, 0) is 6.42 Å². The molecule has 1 N–H and O–H groups in total. The van der Waals surface area contributed by atoms with Gasteiger partial charge in [-0.3, -0.25) is 4.79 Å². The van der Waals surface area contributed by atoms with E-state index in [-0.39, 0.29) is 6.54 Å². The van der Waals surface area contributed by atoms with Crippen LogP contribution in [0.5, 0.6) is 0 Å². The SMILES string of the molecule is C=CCCN(CC(=O)O)c1nc2nccnc2s1. The van der Waals surface area contributed by atoms with Crippen molar-refractivity contribution < 1.29 is 9.90 Å². The lowest BCUT2D eigenvalue weighted by Crippen LogP contribution is -2.30. The van der Waals surface area contributed by atoms with E-state index in [2.05, 4.69) is 21.5 Å². The highest BCUT2D eigenvalue weighted by Crippen LogP contribution is 2.25. The van der Waals surface area contributed by atoms with Crippen LogP contribution in [0.25, 0.3) is 10.5 Å². The number of anilines is 1. The molecule has 0 saturated carbocycles. The lowest BCUT2D eigenvalue weighted by Gasteiger charge is -2.18. The van der Waals surface area contributed by atoms with Gasteiger partial charge in [0.1, 0.15) is 6.54 Å². The molecule has 0 aliphatic carbocycles. The molecule has 2 aromatic heterocycles. The fraction of sp³-hybridized carbons (Fsp3) is 0.273. The third-order valence-electron chi connectivity index (χ3n) is 2.24. The van der Waals surface area contributed by atoms with E-state index in [0.29, 0.717) is 28.6 Å². The zero-order chi connectivity index (χ0) is 13.0. The van der Waals surface area contributed by atoms with E-state index in [1.54, 1.807) is 23.4 Å². The highest BCUT2D eigenvalue weighted by molar-refractivity contribution is 7.21. The van der Waals surface area contributed by atoms with Gasteiger partial charge in [0.25, 0.3) is 0 Å². The minimum absolute atomic E-state index is 0.0896. The first kappa shape index (κ1) is 12.4. The van der Waals surface area contributed by atoms with Crippen molar-refractivity contribution in [2.75, 3.05) is 18.0 Å². The Labute approximate surface area is 108 Å². The van der Waals surface area contributed by atoms with Gasteiger partial charge in [0.15, 0.2) is 15.6 Å². The van der Waals surface area contributed by atoms with Crippen molar-refractivity contribution >= 4 is 32.9 Å². The van der Waals surface area contributed by atoms with Gasteiger partial charge in [-0.25, -0.2) is 9.97 Å². The highest BCUT2D eigenvalue weighted by Gasteiger charge is 2.15. The molecule has 0 saturated heterocycles. The molecule has 0 amide bonds. The predicted molar refractivity (Wildman–Crippen MR) is 69.9 cm³/mol. The van der Waals surface area contributed by atoms with Crippen molar-refractivity contribution in [3.63, 3.8) is 0 Å². The summed E-state index contributed by atoms with van der Waals surface area (Å²) in [5.41, 5.74) is 0.548. The van der Waals surface area contributed by atoms with Gasteiger partial charge < -0.3 is 10.0 Å². The number of rotatable bonds is 6. The van der Waals surface area contributed by atoms with Crippen molar-refractivity contribution in [1.29, 1.82) is 0 Å². The van der Waals surface area contributed by atoms with Crippen LogP contribution in [0.15, 0.2) is 25.0 Å². The summed E-state index contributed by atoms with van der Waals surface area (Å²) in [4.78, 5) is 25.8. The second-order valence-corrected chi connectivity index (χ2v) is 4.53. The van der Waals surface area contributed by atoms with Crippen LogP contribution in [0.2, 0.25) is 0 Å². The first-order valence-corrected chi connectivity index (χ1v) is 6.17. The Morgan fingerprint density at radius 2 is 2.28 bits per heavy atom. The molecule has 2 aromatic rings. The molecule has 0 aliphatic rings. The average molecular weight is 264 g/mol. The minimum Gasteiger partial charge on any atom is -0.480 e. The lowest BCUT2D eigenvalue weighted by atomic mass is 10.4. The van der Waals surface area contributed by atoms with Crippen molar-refractivity contribution in [1.82, 2.24) is 15.0 Å². The Morgan fingerprint density at radius 3 is 2.94 bits per heavy atom. The molecule has 0 spiro atoms. The van der Waals surface area contributed by atoms with Gasteiger partial charge in [-0.15, -0.1) is 6.58 Å². The number of carboxylic acid groups (broad SMARTS) is 1. The molecule has 18 heavy (non-hydrogen) atoms. The van der Waals surface area contributed by atoms with E-state index < -0.39 is 5.97 Å². The normalized spacial score (nSPS) is 10.4. The van der Waals surface area contributed by atoms with Crippen LogP contribution in [-0.4, -0.2) is 39.1 Å². The standard InChI is InChI=1S/C11H12N4O2S/c1-2-3-6-15(7-8(16)17)11-14-9-10(18-11)13-5-4-12-9/h2,4-5H,1,3,6-7H2,(H,16,17). The topological polar surface area (TPSA) is 79.2 Å². The molecule has 0 atom stereocenters. The van der Waals surface area contributed by atoms with Crippen LogP contribution in [-0.2, 0) is 4.79 Å². The summed E-state index contributed by atoms with van der Waals surface area (Å²) in [5, 5.41) is 9.52. The van der Waals surface area contributed by atoms with Crippen molar-refractivity contribution in [2.24, 2.45) is 0 Å². The van der Waals surface area contributed by atoms with Gasteiger partial charge in [0.2, 0.25) is 0 Å². The summed E-state index contributed by atoms with van der Waals surface area (Å²) in [5.74, 6) is -0.890. The molecule has 7 heteroatoms. The fourth-order valence-electron chi connectivity index (χ4n) is 1.45. The van der Waals surface area contributed by atoms with E-state index in [1.807, 2.05) is 0 Å². The molecule has 0 aliphatic heterocycles. The first-order chi connectivity index (χ1) is 8.70. The number of hydrogen-bond donors (Lipinski definition) is 1. The second-order valence-electron chi connectivity index (χ2n) is 3.57. The molecular formula is C11H12N4O2S. The van der Waals surface area contributed by atoms with Crippen LogP contribution in [0.3, 0.4) is 0 Å². The summed E-state index contributed by atoms with van der Waals surface area (Å²) in [6.07, 6.45) is 5.61. The summed E-state index contributed by atoms with van der Waals surface area (Å²) < 4.78 is 0. The lowest BCUT2D eigenvalue weighted by molar-refractivity contribution is -0.135. The van der Waals surface area contributed by atoms with Gasteiger partial charge in [-0.2, -0.15) is 4.98 Å². The number of carboxylic acids is 1. The molecular weight excluding hydrogens is 252 g/mol. The molecule has 2 heterocycles. The molecule has 0 aromatic carbocycles. The third-order valence-corrected chi connectivity index (χ3v) is 3.25. The van der Waals surface area contributed by atoms with E-state index in [0.717, 1.165) is 0 Å².